The van der Waals surface area contributed by atoms with Crippen LogP contribution < -0.4 is 15.1 Å². The Labute approximate surface area is 245 Å². The predicted octanol–water partition coefficient (Wildman–Crippen LogP) is 6.68. The van der Waals surface area contributed by atoms with Crippen molar-refractivity contribution in [2.45, 2.75) is 44.2 Å². The number of H-pyrrole nitrogens is 1. The SMILES string of the molecule is [C-]#[N+]c1ccc(N2C(=O)C3(CCCCC3)N(c3ccc(CNC(=O)c4ccc5[nH]ncc5c4)c(F)c3)C2=S)cc1Cl. The van der Waals surface area contributed by atoms with Gasteiger partial charge in [-0.15, -0.1) is 0 Å². The van der Waals surface area contributed by atoms with Crippen LogP contribution in [0.25, 0.3) is 15.7 Å². The number of anilines is 2. The number of amides is 2. The minimum atomic E-state index is -0.936. The fourth-order valence-corrected chi connectivity index (χ4v) is 6.42. The molecule has 1 aliphatic heterocycles. The average Bonchev–Trinajstić information content (AvgIpc) is 3.52. The summed E-state index contributed by atoms with van der Waals surface area (Å²) in [5.41, 5.74) is 1.85. The van der Waals surface area contributed by atoms with Crippen LogP contribution in [0.2, 0.25) is 5.02 Å². The minimum Gasteiger partial charge on any atom is -0.348 e. The molecule has 0 bridgehead atoms. The maximum absolute atomic E-state index is 15.5. The summed E-state index contributed by atoms with van der Waals surface area (Å²) in [6.45, 7) is 7.25. The van der Waals surface area contributed by atoms with Gasteiger partial charge in [-0.05, 0) is 67.5 Å². The number of hydrogen-bond donors (Lipinski definition) is 2. The highest BCUT2D eigenvalue weighted by Crippen LogP contribution is 2.45. The van der Waals surface area contributed by atoms with Crippen molar-refractivity contribution in [3.63, 3.8) is 0 Å². The molecule has 0 atom stereocenters. The molecule has 1 saturated heterocycles. The van der Waals surface area contributed by atoms with E-state index < -0.39 is 11.4 Å². The maximum atomic E-state index is 15.5. The van der Waals surface area contributed by atoms with Gasteiger partial charge in [0.05, 0.1) is 24.0 Å². The van der Waals surface area contributed by atoms with Crippen molar-refractivity contribution >= 4 is 68.7 Å². The summed E-state index contributed by atoms with van der Waals surface area (Å²) in [6, 6.07) is 14.7. The molecule has 0 radical (unpaired) electrons. The number of halogens is 2. The molecule has 41 heavy (non-hydrogen) atoms. The van der Waals surface area contributed by atoms with Gasteiger partial charge in [0.15, 0.2) is 5.11 Å². The van der Waals surface area contributed by atoms with Crippen LogP contribution in [0.4, 0.5) is 21.5 Å². The van der Waals surface area contributed by atoms with Gasteiger partial charge in [0.25, 0.3) is 11.8 Å². The molecule has 0 unspecified atom stereocenters. The molecule has 1 aromatic heterocycles. The third kappa shape index (κ3) is 4.61. The lowest BCUT2D eigenvalue weighted by Crippen LogP contribution is -2.51. The first-order chi connectivity index (χ1) is 19.8. The fraction of sp³-hybridized carbons (Fsp3) is 0.233. The van der Waals surface area contributed by atoms with Crippen molar-refractivity contribution in [3.8, 4) is 0 Å². The van der Waals surface area contributed by atoms with E-state index in [1.807, 2.05) is 0 Å². The fourth-order valence-electron chi connectivity index (χ4n) is 5.74. The molecule has 206 valence electrons. The largest absolute Gasteiger partial charge is 0.348 e. The summed E-state index contributed by atoms with van der Waals surface area (Å²) in [4.78, 5) is 33.4. The number of benzene rings is 3. The molecule has 2 amide bonds. The van der Waals surface area contributed by atoms with Crippen LogP contribution in [0.3, 0.4) is 0 Å². The molecule has 1 saturated carbocycles. The number of thiocarbonyl (C=S) groups is 1. The number of carbonyl (C=O) groups is 2. The van der Waals surface area contributed by atoms with Gasteiger partial charge in [-0.3, -0.25) is 19.6 Å². The van der Waals surface area contributed by atoms with Crippen LogP contribution in [0.5, 0.6) is 0 Å². The van der Waals surface area contributed by atoms with E-state index in [2.05, 4.69) is 20.4 Å². The Kier molecular flexibility index (Phi) is 6.93. The first-order valence-electron chi connectivity index (χ1n) is 13.2. The van der Waals surface area contributed by atoms with Crippen molar-refractivity contribution in [1.29, 1.82) is 0 Å². The van der Waals surface area contributed by atoms with E-state index in [1.165, 1.54) is 11.0 Å². The van der Waals surface area contributed by atoms with Crippen molar-refractivity contribution in [2.24, 2.45) is 0 Å². The van der Waals surface area contributed by atoms with Crippen LogP contribution in [0.15, 0.2) is 60.8 Å². The summed E-state index contributed by atoms with van der Waals surface area (Å²) in [5.74, 6) is -1.03. The van der Waals surface area contributed by atoms with Gasteiger partial charge in [-0.2, -0.15) is 5.10 Å². The van der Waals surface area contributed by atoms with E-state index >= 15 is 4.39 Å². The number of nitrogens with zero attached hydrogens (tertiary/aromatic N) is 4. The molecule has 4 aromatic rings. The Hall–Kier alpha value is -4.33. The molecule has 6 rings (SSSR count). The molecule has 2 N–H and O–H groups in total. The van der Waals surface area contributed by atoms with Gasteiger partial charge in [0.1, 0.15) is 11.4 Å². The normalized spacial score (nSPS) is 16.4. The van der Waals surface area contributed by atoms with Gasteiger partial charge < -0.3 is 10.2 Å². The molecule has 3 aromatic carbocycles. The number of hydrogen-bond acceptors (Lipinski definition) is 4. The molecule has 1 spiro atoms. The molecular formula is C30H24ClFN6O2S. The summed E-state index contributed by atoms with van der Waals surface area (Å²) in [6.07, 6.45) is 5.48. The summed E-state index contributed by atoms with van der Waals surface area (Å²) in [5, 5.41) is 10.8. The molecule has 2 heterocycles. The maximum Gasteiger partial charge on any atom is 0.259 e. The van der Waals surface area contributed by atoms with Crippen molar-refractivity contribution in [1.82, 2.24) is 15.5 Å². The van der Waals surface area contributed by atoms with E-state index in [9.17, 15) is 9.59 Å². The van der Waals surface area contributed by atoms with Gasteiger partial charge >= 0.3 is 0 Å². The van der Waals surface area contributed by atoms with Crippen LogP contribution >= 0.6 is 23.8 Å². The number of carbonyl (C=O) groups excluding carboxylic acids is 2. The van der Waals surface area contributed by atoms with E-state index in [4.69, 9.17) is 30.4 Å². The highest BCUT2D eigenvalue weighted by Gasteiger charge is 2.56. The summed E-state index contributed by atoms with van der Waals surface area (Å²) in [7, 11) is 0. The number of nitrogens with one attached hydrogen (secondary N) is 2. The highest BCUT2D eigenvalue weighted by atomic mass is 35.5. The zero-order valence-electron chi connectivity index (χ0n) is 21.8. The molecule has 8 nitrogen and oxygen atoms in total. The predicted molar refractivity (Wildman–Crippen MR) is 160 cm³/mol. The molecule has 2 aliphatic rings. The molecule has 1 aliphatic carbocycles. The quantitative estimate of drug-likeness (QED) is 0.201. The summed E-state index contributed by atoms with van der Waals surface area (Å²) >= 11 is 12.1. The van der Waals surface area contributed by atoms with Gasteiger partial charge in [0, 0.05) is 33.8 Å². The Morgan fingerprint density at radius 1 is 1.12 bits per heavy atom. The first kappa shape index (κ1) is 26.9. The van der Waals surface area contributed by atoms with Crippen LogP contribution in [-0.2, 0) is 11.3 Å². The van der Waals surface area contributed by atoms with Crippen molar-refractivity contribution in [2.75, 3.05) is 9.80 Å². The molecular weight excluding hydrogens is 563 g/mol. The second-order valence-electron chi connectivity index (χ2n) is 10.2. The van der Waals surface area contributed by atoms with Crippen LogP contribution in [0, 0.1) is 12.4 Å². The number of fused-ring (bicyclic) bond motifs is 1. The lowest BCUT2D eigenvalue weighted by atomic mass is 9.80. The first-order valence-corrected chi connectivity index (χ1v) is 14.0. The third-order valence-electron chi connectivity index (χ3n) is 7.84. The van der Waals surface area contributed by atoms with Gasteiger partial charge in [-0.25, -0.2) is 9.24 Å². The van der Waals surface area contributed by atoms with Crippen LogP contribution in [0.1, 0.15) is 48.0 Å². The van der Waals surface area contributed by atoms with E-state index in [-0.39, 0.29) is 34.2 Å². The molecule has 11 heteroatoms. The third-order valence-corrected chi connectivity index (χ3v) is 8.51. The zero-order chi connectivity index (χ0) is 28.7. The lowest BCUT2D eigenvalue weighted by molar-refractivity contribution is -0.122. The van der Waals surface area contributed by atoms with Crippen molar-refractivity contribution in [3.05, 3.63) is 94.2 Å². The Bertz CT molecular complexity index is 1760. The number of rotatable bonds is 5. The zero-order valence-corrected chi connectivity index (χ0v) is 23.4. The second kappa shape index (κ2) is 10.6. The van der Waals surface area contributed by atoms with E-state index in [1.54, 1.807) is 59.6 Å². The van der Waals surface area contributed by atoms with Gasteiger partial charge in [-0.1, -0.05) is 43.0 Å². The summed E-state index contributed by atoms with van der Waals surface area (Å²) < 4.78 is 15.5. The Morgan fingerprint density at radius 2 is 1.90 bits per heavy atom. The van der Waals surface area contributed by atoms with E-state index in [0.717, 1.165) is 30.2 Å². The lowest BCUT2D eigenvalue weighted by Gasteiger charge is -2.39. The smallest absolute Gasteiger partial charge is 0.259 e. The van der Waals surface area contributed by atoms with Crippen molar-refractivity contribution < 1.29 is 14.0 Å². The highest BCUT2D eigenvalue weighted by molar-refractivity contribution is 7.81. The Balaban J connectivity index is 1.27. The standard InChI is InChI=1S/C30H24ClFN6O2S/c1-33-26-10-8-21(14-23(26)31)37-28(40)30(11-3-2-4-12-30)38(29(37)41)22-7-5-19(24(32)15-22)16-34-27(39)18-6-9-25-20(13-18)17-35-36-25/h5-10,13-15,17H,2-4,11-12,16H2,(H,34,39)(H,35,36). The van der Waals surface area contributed by atoms with Crippen LogP contribution in [-0.4, -0.2) is 32.7 Å². The van der Waals surface area contributed by atoms with E-state index in [0.29, 0.717) is 35.3 Å². The average molecular weight is 587 g/mol. The topological polar surface area (TPSA) is 85.7 Å². The number of aromatic nitrogens is 2. The monoisotopic (exact) mass is 586 g/mol. The number of aromatic amines is 1. The van der Waals surface area contributed by atoms with Gasteiger partial charge in [0.2, 0.25) is 5.69 Å². The second-order valence-corrected chi connectivity index (χ2v) is 11.0. The Morgan fingerprint density at radius 3 is 2.63 bits per heavy atom. The minimum absolute atomic E-state index is 0.0130. The molecule has 2 fully saturated rings.